The fraction of sp³-hybridized carbons (Fsp3) is 0.588. The van der Waals surface area contributed by atoms with Gasteiger partial charge in [-0.05, 0) is 52.3 Å². The van der Waals surface area contributed by atoms with Crippen LogP contribution in [-0.2, 0) is 9.53 Å². The summed E-state index contributed by atoms with van der Waals surface area (Å²) in [5.74, 6) is -0.280. The number of nitrogens with two attached hydrogens (primary N) is 1. The number of carbonyl (C=O) groups excluding carboxylic acids is 1. The van der Waals surface area contributed by atoms with Crippen molar-refractivity contribution in [2.75, 3.05) is 19.0 Å². The van der Waals surface area contributed by atoms with Crippen molar-refractivity contribution in [1.29, 1.82) is 0 Å². The van der Waals surface area contributed by atoms with E-state index in [1.54, 1.807) is 0 Å². The van der Waals surface area contributed by atoms with Crippen molar-refractivity contribution in [3.8, 4) is 0 Å². The molecule has 0 aromatic heterocycles. The smallest absolute Gasteiger partial charge is 0.313 e. The van der Waals surface area contributed by atoms with Crippen LogP contribution in [0.3, 0.4) is 0 Å². The van der Waals surface area contributed by atoms with Gasteiger partial charge in [-0.3, -0.25) is 4.79 Å². The van der Waals surface area contributed by atoms with Gasteiger partial charge in [0.25, 0.3) is 0 Å². The van der Waals surface area contributed by atoms with Gasteiger partial charge < -0.3 is 15.4 Å². The van der Waals surface area contributed by atoms with Crippen LogP contribution in [0.25, 0.3) is 0 Å². The Hall–Kier alpha value is -1.55. The van der Waals surface area contributed by atoms with Crippen LogP contribution in [0.1, 0.15) is 46.2 Å². The van der Waals surface area contributed by atoms with E-state index in [4.69, 9.17) is 10.5 Å². The summed E-state index contributed by atoms with van der Waals surface area (Å²) in [7, 11) is 3.95. The number of carbonyl (C=O) groups is 1. The van der Waals surface area contributed by atoms with Crippen LogP contribution in [-0.4, -0.2) is 25.7 Å². The van der Waals surface area contributed by atoms with Crippen LogP contribution in [0, 0.1) is 5.41 Å². The van der Waals surface area contributed by atoms with Crippen LogP contribution in [0.2, 0.25) is 0 Å². The first-order chi connectivity index (χ1) is 9.45. The van der Waals surface area contributed by atoms with Crippen molar-refractivity contribution in [2.24, 2.45) is 11.1 Å². The zero-order valence-electron chi connectivity index (χ0n) is 14.2. The lowest BCUT2D eigenvalue weighted by atomic mass is 9.80. The Kier molecular flexibility index (Phi) is 5.05. The van der Waals surface area contributed by atoms with E-state index in [0.29, 0.717) is 0 Å². The lowest BCUT2D eigenvalue weighted by Crippen LogP contribution is -2.41. The topological polar surface area (TPSA) is 55.6 Å². The molecule has 21 heavy (non-hydrogen) atoms. The predicted molar refractivity (Wildman–Crippen MR) is 87.3 cm³/mol. The number of benzene rings is 1. The third-order valence-electron chi connectivity index (χ3n) is 3.45. The van der Waals surface area contributed by atoms with E-state index in [9.17, 15) is 4.79 Å². The molecular weight excluding hydrogens is 264 g/mol. The first-order valence-corrected chi connectivity index (χ1v) is 7.21. The summed E-state index contributed by atoms with van der Waals surface area (Å²) >= 11 is 0. The molecule has 4 nitrogen and oxygen atoms in total. The maximum Gasteiger partial charge on any atom is 0.313 e. The summed E-state index contributed by atoms with van der Waals surface area (Å²) in [4.78, 5) is 14.4. The number of anilines is 1. The SMILES string of the molecule is CN(C)c1cccc([C@@H](N)C(C)(C)C(=O)OC(C)(C)C)c1. The fourth-order valence-corrected chi connectivity index (χ4v) is 1.95. The van der Waals surface area contributed by atoms with Gasteiger partial charge in [0.2, 0.25) is 0 Å². The molecule has 4 heteroatoms. The van der Waals surface area contributed by atoms with Crippen LogP contribution < -0.4 is 10.6 Å². The molecule has 0 amide bonds. The largest absolute Gasteiger partial charge is 0.460 e. The monoisotopic (exact) mass is 292 g/mol. The average Bonchev–Trinajstić information content (AvgIpc) is 2.35. The second kappa shape index (κ2) is 6.06. The van der Waals surface area contributed by atoms with E-state index in [2.05, 4.69) is 0 Å². The van der Waals surface area contributed by atoms with Gasteiger partial charge in [0.1, 0.15) is 5.60 Å². The predicted octanol–water partition coefficient (Wildman–Crippen LogP) is 3.12. The summed E-state index contributed by atoms with van der Waals surface area (Å²) in [5.41, 5.74) is 7.02. The molecule has 1 aromatic rings. The normalized spacial score (nSPS) is 13.7. The van der Waals surface area contributed by atoms with Gasteiger partial charge in [0.15, 0.2) is 0 Å². The molecule has 0 spiro atoms. The Labute approximate surface area is 128 Å². The number of rotatable bonds is 4. The molecule has 0 radical (unpaired) electrons. The molecule has 0 aliphatic rings. The highest BCUT2D eigenvalue weighted by atomic mass is 16.6. The zero-order valence-corrected chi connectivity index (χ0v) is 14.2. The van der Waals surface area contributed by atoms with Crippen molar-refractivity contribution in [3.05, 3.63) is 29.8 Å². The van der Waals surface area contributed by atoms with Gasteiger partial charge in [-0.15, -0.1) is 0 Å². The molecule has 0 saturated heterocycles. The summed E-state index contributed by atoms with van der Waals surface area (Å²) in [6, 6.07) is 7.50. The summed E-state index contributed by atoms with van der Waals surface area (Å²) < 4.78 is 5.49. The summed E-state index contributed by atoms with van der Waals surface area (Å²) in [5, 5.41) is 0. The second-order valence-electron chi connectivity index (χ2n) is 7.19. The van der Waals surface area contributed by atoms with Crippen LogP contribution in [0.5, 0.6) is 0 Å². The van der Waals surface area contributed by atoms with Gasteiger partial charge in [0, 0.05) is 25.8 Å². The highest BCUT2D eigenvalue weighted by molar-refractivity contribution is 5.77. The molecule has 0 aliphatic heterocycles. The third kappa shape index (κ3) is 4.46. The number of esters is 1. The highest BCUT2D eigenvalue weighted by Crippen LogP contribution is 2.35. The van der Waals surface area contributed by atoms with Crippen molar-refractivity contribution in [1.82, 2.24) is 0 Å². The Bertz CT molecular complexity index is 502. The second-order valence-corrected chi connectivity index (χ2v) is 7.19. The van der Waals surface area contributed by atoms with Gasteiger partial charge in [-0.25, -0.2) is 0 Å². The first-order valence-electron chi connectivity index (χ1n) is 7.21. The van der Waals surface area contributed by atoms with E-state index in [-0.39, 0.29) is 5.97 Å². The lowest BCUT2D eigenvalue weighted by molar-refractivity contribution is -0.167. The van der Waals surface area contributed by atoms with Crippen LogP contribution >= 0.6 is 0 Å². The Morgan fingerprint density at radius 1 is 1.19 bits per heavy atom. The van der Waals surface area contributed by atoms with Crippen LogP contribution in [0.15, 0.2) is 24.3 Å². The van der Waals surface area contributed by atoms with E-state index in [0.717, 1.165) is 11.3 Å². The minimum atomic E-state index is -0.793. The van der Waals surface area contributed by atoms with Crippen molar-refractivity contribution in [3.63, 3.8) is 0 Å². The molecule has 2 N–H and O–H groups in total. The maximum absolute atomic E-state index is 12.4. The number of nitrogens with zero attached hydrogens (tertiary/aromatic N) is 1. The third-order valence-corrected chi connectivity index (χ3v) is 3.45. The van der Waals surface area contributed by atoms with Crippen molar-refractivity contribution in [2.45, 2.75) is 46.3 Å². The van der Waals surface area contributed by atoms with Crippen molar-refractivity contribution < 1.29 is 9.53 Å². The highest BCUT2D eigenvalue weighted by Gasteiger charge is 2.39. The van der Waals surface area contributed by atoms with E-state index < -0.39 is 17.1 Å². The molecule has 1 rings (SSSR count). The number of hydrogen-bond acceptors (Lipinski definition) is 4. The quantitative estimate of drug-likeness (QED) is 0.866. The molecule has 1 atom stereocenters. The molecular formula is C17H28N2O2. The maximum atomic E-state index is 12.4. The van der Waals surface area contributed by atoms with E-state index >= 15 is 0 Å². The van der Waals surface area contributed by atoms with E-state index in [1.807, 2.05) is 77.9 Å². The van der Waals surface area contributed by atoms with Gasteiger partial charge in [-0.2, -0.15) is 0 Å². The van der Waals surface area contributed by atoms with E-state index in [1.165, 1.54) is 0 Å². The molecule has 0 heterocycles. The van der Waals surface area contributed by atoms with Gasteiger partial charge in [0.05, 0.1) is 5.41 Å². The average molecular weight is 292 g/mol. The number of ether oxygens (including phenoxy) is 1. The molecule has 0 saturated carbocycles. The Morgan fingerprint density at radius 3 is 2.24 bits per heavy atom. The summed E-state index contributed by atoms with van der Waals surface area (Å²) in [6.07, 6.45) is 0. The lowest BCUT2D eigenvalue weighted by Gasteiger charge is -2.33. The molecule has 118 valence electrons. The summed E-state index contributed by atoms with van der Waals surface area (Å²) in [6.45, 7) is 9.24. The van der Waals surface area contributed by atoms with Gasteiger partial charge in [-0.1, -0.05) is 12.1 Å². The molecule has 1 aromatic carbocycles. The molecule has 0 aliphatic carbocycles. The molecule has 0 fully saturated rings. The van der Waals surface area contributed by atoms with Gasteiger partial charge >= 0.3 is 5.97 Å². The molecule has 0 unspecified atom stereocenters. The number of hydrogen-bond donors (Lipinski definition) is 1. The minimum Gasteiger partial charge on any atom is -0.460 e. The Morgan fingerprint density at radius 2 is 1.76 bits per heavy atom. The van der Waals surface area contributed by atoms with Crippen molar-refractivity contribution >= 4 is 11.7 Å². The fourth-order valence-electron chi connectivity index (χ4n) is 1.95. The zero-order chi connectivity index (χ0) is 16.4. The standard InChI is InChI=1S/C17H28N2O2/c1-16(2,3)21-15(20)17(4,5)14(18)12-9-8-10-13(11-12)19(6)7/h8-11,14H,18H2,1-7H3/t14-/m1/s1. The Balaban J connectivity index is 3.02. The minimum absolute atomic E-state index is 0.280. The molecule has 0 bridgehead atoms. The first kappa shape index (κ1) is 17.5. The van der Waals surface area contributed by atoms with Crippen LogP contribution in [0.4, 0.5) is 5.69 Å².